The van der Waals surface area contributed by atoms with Crippen LogP contribution in [-0.2, 0) is 26.0 Å². The number of carbonyl (C=O) groups excluding carboxylic acids is 3. The third-order valence-electron chi connectivity index (χ3n) is 6.00. The molecule has 186 valence electrons. The summed E-state index contributed by atoms with van der Waals surface area (Å²) in [4.78, 5) is 42.2. The average Bonchev–Trinajstić information content (AvgIpc) is 3.17. The molecule has 10 heteroatoms. The summed E-state index contributed by atoms with van der Waals surface area (Å²) in [5.41, 5.74) is 1.54. The van der Waals surface area contributed by atoms with E-state index in [0.717, 1.165) is 10.5 Å². The highest BCUT2D eigenvalue weighted by Gasteiger charge is 2.44. The molecule has 1 aliphatic rings. The van der Waals surface area contributed by atoms with Crippen molar-refractivity contribution in [3.05, 3.63) is 90.0 Å². The number of anilines is 1. The predicted octanol–water partition coefficient (Wildman–Crippen LogP) is 2.36. The Morgan fingerprint density at radius 1 is 1.00 bits per heavy atom. The average molecular weight is 508 g/mol. The lowest BCUT2D eigenvalue weighted by Crippen LogP contribution is -2.46. The van der Waals surface area contributed by atoms with Gasteiger partial charge in [-0.1, -0.05) is 30.3 Å². The number of imide groups is 1. The van der Waals surface area contributed by atoms with Crippen LogP contribution in [0, 0.1) is 0 Å². The van der Waals surface area contributed by atoms with Crippen molar-refractivity contribution < 1.29 is 27.5 Å². The highest BCUT2D eigenvalue weighted by Crippen LogP contribution is 2.27. The molecule has 1 heterocycles. The second kappa shape index (κ2) is 10.3. The Labute approximate surface area is 209 Å². The van der Waals surface area contributed by atoms with Crippen LogP contribution in [0.2, 0.25) is 0 Å². The Morgan fingerprint density at radius 3 is 2.22 bits per heavy atom. The minimum absolute atomic E-state index is 0.0208. The summed E-state index contributed by atoms with van der Waals surface area (Å²) >= 11 is 0. The zero-order valence-electron chi connectivity index (χ0n) is 19.5. The number of para-hydroxylation sites is 1. The zero-order chi connectivity index (χ0) is 25.9. The fourth-order valence-electron chi connectivity index (χ4n) is 4.10. The van der Waals surface area contributed by atoms with Crippen LogP contribution < -0.4 is 14.8 Å². The number of ether oxygens (including phenoxy) is 1. The molecule has 1 unspecified atom stereocenters. The molecule has 3 aromatic carbocycles. The Morgan fingerprint density at radius 2 is 1.64 bits per heavy atom. The van der Waals surface area contributed by atoms with Gasteiger partial charge in [-0.15, -0.1) is 0 Å². The molecule has 1 saturated heterocycles. The van der Waals surface area contributed by atoms with Crippen LogP contribution in [0.25, 0.3) is 0 Å². The molecule has 1 atom stereocenters. The van der Waals surface area contributed by atoms with E-state index in [2.05, 4.69) is 0 Å². The number of nitrogens with zero attached hydrogens (tertiary/aromatic N) is 2. The number of rotatable bonds is 8. The van der Waals surface area contributed by atoms with Gasteiger partial charge in [0.05, 0.1) is 24.1 Å². The number of hydrogen-bond acceptors (Lipinski definition) is 6. The zero-order valence-corrected chi connectivity index (χ0v) is 20.4. The van der Waals surface area contributed by atoms with E-state index < -0.39 is 27.9 Å². The topological polar surface area (TPSA) is 127 Å². The third kappa shape index (κ3) is 5.29. The molecule has 4 rings (SSSR count). The lowest BCUT2D eigenvalue weighted by atomic mass is 10.1. The largest absolute Gasteiger partial charge is 0.497 e. The molecule has 36 heavy (non-hydrogen) atoms. The quantitative estimate of drug-likeness (QED) is 0.467. The molecule has 1 aliphatic heterocycles. The molecule has 0 aromatic heterocycles. The van der Waals surface area contributed by atoms with E-state index in [1.807, 2.05) is 0 Å². The monoisotopic (exact) mass is 507 g/mol. The highest BCUT2D eigenvalue weighted by molar-refractivity contribution is 7.89. The molecule has 2 N–H and O–H groups in total. The number of carbonyl (C=O) groups is 3. The SMILES string of the molecule is COc1ccc(C(=O)N(CCc2ccc(S(N)(=O)=O)cc2)C2CC(=O)N(c3ccccc3)C2=O)cc1. The minimum Gasteiger partial charge on any atom is -0.497 e. The van der Waals surface area contributed by atoms with Crippen LogP contribution in [0.5, 0.6) is 5.75 Å². The smallest absolute Gasteiger partial charge is 0.257 e. The summed E-state index contributed by atoms with van der Waals surface area (Å²) in [7, 11) is -2.31. The number of methoxy groups -OCH3 is 1. The summed E-state index contributed by atoms with van der Waals surface area (Å²) in [6, 6.07) is 20.1. The van der Waals surface area contributed by atoms with E-state index in [4.69, 9.17) is 9.88 Å². The second-order valence-electron chi connectivity index (χ2n) is 8.29. The number of amides is 3. The van der Waals surface area contributed by atoms with Gasteiger partial charge in [0.2, 0.25) is 15.9 Å². The molecule has 0 bridgehead atoms. The molecular formula is C26H25N3O6S. The van der Waals surface area contributed by atoms with Crippen molar-refractivity contribution in [3.63, 3.8) is 0 Å². The molecule has 1 fully saturated rings. The van der Waals surface area contributed by atoms with Gasteiger partial charge in [0.1, 0.15) is 11.8 Å². The molecule has 0 radical (unpaired) electrons. The standard InChI is InChI=1S/C26H25N3O6S/c1-35-21-11-9-19(10-12-21)25(31)28(16-15-18-7-13-22(14-8-18)36(27,33)34)23-17-24(30)29(26(23)32)20-5-3-2-4-6-20/h2-14,23H,15-17H2,1H3,(H2,27,33,34). The Hall–Kier alpha value is -4.02. The maximum Gasteiger partial charge on any atom is 0.257 e. The number of hydrogen-bond donors (Lipinski definition) is 1. The first-order valence-electron chi connectivity index (χ1n) is 11.2. The summed E-state index contributed by atoms with van der Waals surface area (Å²) < 4.78 is 28.2. The van der Waals surface area contributed by atoms with Crippen LogP contribution >= 0.6 is 0 Å². The van der Waals surface area contributed by atoms with Crippen molar-refractivity contribution in [1.82, 2.24) is 4.90 Å². The van der Waals surface area contributed by atoms with E-state index in [-0.39, 0.29) is 23.8 Å². The first kappa shape index (κ1) is 25.1. The molecule has 0 saturated carbocycles. The van der Waals surface area contributed by atoms with Crippen LogP contribution in [-0.4, -0.2) is 50.7 Å². The predicted molar refractivity (Wildman–Crippen MR) is 133 cm³/mol. The number of benzene rings is 3. The van der Waals surface area contributed by atoms with Gasteiger partial charge >= 0.3 is 0 Å². The summed E-state index contributed by atoms with van der Waals surface area (Å²) in [5.74, 6) is -0.686. The van der Waals surface area contributed by atoms with Crippen LogP contribution in [0.1, 0.15) is 22.3 Å². The lowest BCUT2D eigenvalue weighted by Gasteiger charge is -2.28. The Bertz CT molecular complexity index is 1370. The molecular weight excluding hydrogens is 482 g/mol. The van der Waals surface area contributed by atoms with Gasteiger partial charge in [0.25, 0.3) is 11.8 Å². The van der Waals surface area contributed by atoms with Gasteiger partial charge in [-0.3, -0.25) is 14.4 Å². The van der Waals surface area contributed by atoms with E-state index in [1.54, 1.807) is 66.7 Å². The maximum atomic E-state index is 13.5. The molecule has 3 amide bonds. The molecule has 9 nitrogen and oxygen atoms in total. The van der Waals surface area contributed by atoms with Gasteiger partial charge in [0, 0.05) is 12.1 Å². The summed E-state index contributed by atoms with van der Waals surface area (Å²) in [6.45, 7) is 0.131. The van der Waals surface area contributed by atoms with Gasteiger partial charge < -0.3 is 9.64 Å². The number of sulfonamides is 1. The van der Waals surface area contributed by atoms with Crippen molar-refractivity contribution in [2.45, 2.75) is 23.8 Å². The fourth-order valence-corrected chi connectivity index (χ4v) is 4.62. The van der Waals surface area contributed by atoms with Gasteiger partial charge in [0.15, 0.2) is 0 Å². The number of primary sulfonamides is 1. The van der Waals surface area contributed by atoms with Gasteiger partial charge in [-0.05, 0) is 60.5 Å². The lowest BCUT2D eigenvalue weighted by molar-refractivity contribution is -0.122. The van der Waals surface area contributed by atoms with Crippen LogP contribution in [0.15, 0.2) is 83.8 Å². The van der Waals surface area contributed by atoms with E-state index in [9.17, 15) is 22.8 Å². The van der Waals surface area contributed by atoms with E-state index in [1.165, 1.54) is 24.1 Å². The maximum absolute atomic E-state index is 13.5. The summed E-state index contributed by atoms with van der Waals surface area (Å²) in [5, 5.41) is 5.16. The normalized spacial score (nSPS) is 15.7. The van der Waals surface area contributed by atoms with Gasteiger partial charge in [-0.25, -0.2) is 18.5 Å². The fraction of sp³-hybridized carbons (Fsp3) is 0.192. The Balaban J connectivity index is 1.62. The Kier molecular flexibility index (Phi) is 7.18. The second-order valence-corrected chi connectivity index (χ2v) is 9.85. The first-order chi connectivity index (χ1) is 17.2. The van der Waals surface area contributed by atoms with E-state index in [0.29, 0.717) is 23.4 Å². The van der Waals surface area contributed by atoms with Crippen molar-refractivity contribution in [3.8, 4) is 5.75 Å². The van der Waals surface area contributed by atoms with Crippen molar-refractivity contribution in [1.29, 1.82) is 0 Å². The third-order valence-corrected chi connectivity index (χ3v) is 6.93. The number of nitrogens with two attached hydrogens (primary N) is 1. The molecule has 0 aliphatic carbocycles. The first-order valence-corrected chi connectivity index (χ1v) is 12.7. The van der Waals surface area contributed by atoms with E-state index >= 15 is 0 Å². The molecule has 0 spiro atoms. The minimum atomic E-state index is -3.83. The molecule has 3 aromatic rings. The van der Waals surface area contributed by atoms with Crippen molar-refractivity contribution >= 4 is 33.4 Å². The van der Waals surface area contributed by atoms with Crippen molar-refractivity contribution in [2.24, 2.45) is 5.14 Å². The van der Waals surface area contributed by atoms with Gasteiger partial charge in [-0.2, -0.15) is 0 Å². The van der Waals surface area contributed by atoms with Crippen LogP contribution in [0.3, 0.4) is 0 Å². The highest BCUT2D eigenvalue weighted by atomic mass is 32.2. The summed E-state index contributed by atoms with van der Waals surface area (Å²) in [6.07, 6.45) is 0.191. The van der Waals surface area contributed by atoms with Crippen molar-refractivity contribution in [2.75, 3.05) is 18.6 Å². The van der Waals surface area contributed by atoms with Crippen LogP contribution in [0.4, 0.5) is 5.69 Å².